The van der Waals surface area contributed by atoms with Crippen molar-refractivity contribution in [2.75, 3.05) is 4.90 Å². The van der Waals surface area contributed by atoms with Crippen LogP contribution in [0.1, 0.15) is 0 Å². The van der Waals surface area contributed by atoms with Crippen LogP contribution < -0.4 is 4.90 Å². The summed E-state index contributed by atoms with van der Waals surface area (Å²) < 4.78 is 7.28. The molecule has 0 aliphatic carbocycles. The van der Waals surface area contributed by atoms with Gasteiger partial charge in [-0.15, -0.1) is 0 Å². The molecule has 308 valence electrons. The Hall–Kier alpha value is -8.86. The first-order valence-electron chi connectivity index (χ1n) is 22.7. The van der Waals surface area contributed by atoms with E-state index in [1.165, 1.54) is 87.0 Å². The van der Waals surface area contributed by atoms with Crippen LogP contribution in [-0.2, 0) is 0 Å². The number of benzene rings is 11. The minimum Gasteiger partial charge on any atom is -0.309 e. The van der Waals surface area contributed by atoms with Gasteiger partial charge in [0.15, 0.2) is 0 Å². The van der Waals surface area contributed by atoms with Gasteiger partial charge in [0.25, 0.3) is 0 Å². The Morgan fingerprint density at radius 2 is 0.485 bits per heavy atom. The van der Waals surface area contributed by atoms with E-state index >= 15 is 0 Å². The van der Waals surface area contributed by atoms with E-state index in [1.807, 2.05) is 0 Å². The van der Waals surface area contributed by atoms with Gasteiger partial charge in [0.05, 0.1) is 55.8 Å². The minimum absolute atomic E-state index is 1.07. The highest BCUT2D eigenvalue weighted by Crippen LogP contribution is 2.46. The molecule has 0 radical (unpaired) electrons. The van der Waals surface area contributed by atoms with Gasteiger partial charge >= 0.3 is 0 Å². The zero-order valence-corrected chi connectivity index (χ0v) is 35.9. The first-order chi connectivity index (χ1) is 32.8. The molecule has 0 aliphatic rings. The molecule has 66 heavy (non-hydrogen) atoms. The zero-order valence-electron chi connectivity index (χ0n) is 35.9. The Morgan fingerprint density at radius 1 is 0.212 bits per heavy atom. The van der Waals surface area contributed by atoms with Crippen LogP contribution in [0.4, 0.5) is 17.1 Å². The van der Waals surface area contributed by atoms with Gasteiger partial charge in [-0.05, 0) is 84.9 Å². The maximum absolute atomic E-state index is 2.48. The lowest BCUT2D eigenvalue weighted by Gasteiger charge is -2.29. The lowest BCUT2D eigenvalue weighted by Crippen LogP contribution is -2.12. The molecule has 0 N–H and O–H groups in total. The predicted molar refractivity (Wildman–Crippen MR) is 279 cm³/mol. The van der Waals surface area contributed by atoms with Gasteiger partial charge in [-0.3, -0.25) is 0 Å². The molecule has 0 fully saturated rings. The molecule has 0 saturated heterocycles. The Morgan fingerprint density at radius 3 is 0.818 bits per heavy atom. The summed E-state index contributed by atoms with van der Waals surface area (Å²) in [6.45, 7) is 0. The predicted octanol–water partition coefficient (Wildman–Crippen LogP) is 16.8. The number of para-hydroxylation sites is 6. The fraction of sp³-hybridized carbons (Fsp3) is 0. The lowest BCUT2D eigenvalue weighted by atomic mass is 10.0. The summed E-state index contributed by atoms with van der Waals surface area (Å²) >= 11 is 0. The summed E-state index contributed by atoms with van der Waals surface area (Å²) in [5.41, 5.74) is 13.9. The monoisotopic (exact) mass is 840 g/mol. The number of anilines is 3. The summed E-state index contributed by atoms with van der Waals surface area (Å²) in [4.78, 5) is 2.48. The van der Waals surface area contributed by atoms with Crippen LogP contribution in [0, 0.1) is 0 Å². The summed E-state index contributed by atoms with van der Waals surface area (Å²) in [7, 11) is 0. The summed E-state index contributed by atoms with van der Waals surface area (Å²) in [5.74, 6) is 0. The number of hydrogen-bond acceptors (Lipinski definition) is 1. The van der Waals surface area contributed by atoms with Crippen molar-refractivity contribution in [1.29, 1.82) is 0 Å². The first-order valence-corrected chi connectivity index (χ1v) is 22.7. The van der Waals surface area contributed by atoms with Crippen molar-refractivity contribution < 1.29 is 0 Å². The first kappa shape index (κ1) is 36.6. The molecule has 14 aromatic rings. The molecule has 0 unspecified atom stereocenters. The number of rotatable bonds is 6. The minimum atomic E-state index is 1.07. The Labute approximate surface area is 380 Å². The summed E-state index contributed by atoms with van der Waals surface area (Å²) in [6.07, 6.45) is 0. The number of aromatic nitrogens is 3. The van der Waals surface area contributed by atoms with Crippen molar-refractivity contribution in [2.45, 2.75) is 0 Å². The topological polar surface area (TPSA) is 18.0 Å². The summed E-state index contributed by atoms with van der Waals surface area (Å²) in [5, 5.41) is 12.2. The molecule has 11 aromatic carbocycles. The SMILES string of the molecule is c1ccc2c(-n3c4ccccc4c4ccccc43)ccc(N(c3ccc(-n4c5ccccc5c5ccccc54)cc3)c3ccc(-n4c5ccccc5c5ccccc54)c4ccccc34)c2c1. The van der Waals surface area contributed by atoms with Crippen LogP contribution in [0.15, 0.2) is 243 Å². The van der Waals surface area contributed by atoms with Crippen LogP contribution in [0.2, 0.25) is 0 Å². The molecule has 0 atom stereocenters. The van der Waals surface area contributed by atoms with E-state index in [4.69, 9.17) is 0 Å². The Kier molecular flexibility index (Phi) is 7.95. The van der Waals surface area contributed by atoms with Gasteiger partial charge in [0.2, 0.25) is 0 Å². The maximum Gasteiger partial charge on any atom is 0.0542 e. The molecule has 0 spiro atoms. The average Bonchev–Trinajstić information content (AvgIpc) is 4.03. The number of fused-ring (bicyclic) bond motifs is 11. The molecular formula is C62H40N4. The largest absolute Gasteiger partial charge is 0.309 e. The third kappa shape index (κ3) is 5.27. The number of nitrogens with zero attached hydrogens (tertiary/aromatic N) is 4. The van der Waals surface area contributed by atoms with E-state index in [2.05, 4.69) is 261 Å². The van der Waals surface area contributed by atoms with Crippen LogP contribution in [0.5, 0.6) is 0 Å². The number of hydrogen-bond donors (Lipinski definition) is 0. The second-order valence-corrected chi connectivity index (χ2v) is 17.3. The molecule has 0 saturated carbocycles. The van der Waals surface area contributed by atoms with Gasteiger partial charge in [0, 0.05) is 65.2 Å². The molecule has 0 amide bonds. The van der Waals surface area contributed by atoms with E-state index in [0.717, 1.165) is 34.1 Å². The molecule has 4 heteroatoms. The van der Waals surface area contributed by atoms with Crippen molar-refractivity contribution >= 4 is 104 Å². The van der Waals surface area contributed by atoms with Gasteiger partial charge in [-0.1, -0.05) is 158 Å². The third-order valence-corrected chi connectivity index (χ3v) is 13.8. The fourth-order valence-electron chi connectivity index (χ4n) is 11.0. The van der Waals surface area contributed by atoms with Gasteiger partial charge in [-0.2, -0.15) is 0 Å². The Balaban J connectivity index is 1.02. The van der Waals surface area contributed by atoms with Gasteiger partial charge in [-0.25, -0.2) is 0 Å². The quantitative estimate of drug-likeness (QED) is 0.163. The molecule has 3 heterocycles. The van der Waals surface area contributed by atoms with Crippen molar-refractivity contribution in [3.05, 3.63) is 243 Å². The highest BCUT2D eigenvalue weighted by molar-refractivity contribution is 6.15. The van der Waals surface area contributed by atoms with E-state index in [1.54, 1.807) is 0 Å². The van der Waals surface area contributed by atoms with Crippen LogP contribution >= 0.6 is 0 Å². The normalized spacial score (nSPS) is 11.9. The molecule has 0 aliphatic heterocycles. The molecule has 14 rings (SSSR count). The summed E-state index contributed by atoms with van der Waals surface area (Å²) in [6, 6.07) is 88.8. The van der Waals surface area contributed by atoms with E-state index in [-0.39, 0.29) is 0 Å². The van der Waals surface area contributed by atoms with Gasteiger partial charge in [0.1, 0.15) is 0 Å². The van der Waals surface area contributed by atoms with Crippen molar-refractivity contribution in [2.24, 2.45) is 0 Å². The second kappa shape index (κ2) is 14.3. The van der Waals surface area contributed by atoms with Gasteiger partial charge < -0.3 is 18.6 Å². The smallest absolute Gasteiger partial charge is 0.0542 e. The maximum atomic E-state index is 2.48. The highest BCUT2D eigenvalue weighted by atomic mass is 15.1. The van der Waals surface area contributed by atoms with Crippen LogP contribution in [0.25, 0.3) is 104 Å². The van der Waals surface area contributed by atoms with Crippen molar-refractivity contribution in [3.63, 3.8) is 0 Å². The molecule has 4 nitrogen and oxygen atoms in total. The molecular weight excluding hydrogens is 801 g/mol. The van der Waals surface area contributed by atoms with E-state index in [9.17, 15) is 0 Å². The standard InChI is InChI=1S/C62H40N4/c1-3-19-51-49(17-1)59(37-39-61(51)65-55-29-13-7-23-45(55)46-24-8-14-30-56(46)65)64(42-35-33-41(34-36-42)63-53-27-11-5-21-43(53)44-22-6-12-28-54(44)63)60-38-40-62(52-20-4-2-18-50(52)60)66-57-31-15-9-25-47(57)48-26-10-16-32-58(48)66/h1-40H. The van der Waals surface area contributed by atoms with Crippen LogP contribution in [0.3, 0.4) is 0 Å². The average molecular weight is 841 g/mol. The Bertz CT molecular complexity index is 3880. The fourth-order valence-corrected chi connectivity index (χ4v) is 11.0. The zero-order chi connectivity index (χ0) is 43.3. The molecule has 3 aromatic heterocycles. The third-order valence-electron chi connectivity index (χ3n) is 13.8. The molecule has 0 bridgehead atoms. The highest BCUT2D eigenvalue weighted by Gasteiger charge is 2.23. The lowest BCUT2D eigenvalue weighted by molar-refractivity contribution is 1.17. The van der Waals surface area contributed by atoms with Crippen molar-refractivity contribution in [1.82, 2.24) is 13.7 Å². The van der Waals surface area contributed by atoms with E-state index < -0.39 is 0 Å². The van der Waals surface area contributed by atoms with E-state index in [0.29, 0.717) is 0 Å². The second-order valence-electron chi connectivity index (χ2n) is 17.3. The van der Waals surface area contributed by atoms with Crippen LogP contribution in [-0.4, -0.2) is 13.7 Å². The van der Waals surface area contributed by atoms with Crippen molar-refractivity contribution in [3.8, 4) is 17.1 Å².